The average Bonchev–Trinajstić information content (AvgIpc) is 2.57. The highest BCUT2D eigenvalue weighted by atomic mass is 35.5. The molecule has 15 heavy (non-hydrogen) atoms. The van der Waals surface area contributed by atoms with Gasteiger partial charge in [0, 0.05) is 6.42 Å². The van der Waals surface area contributed by atoms with Gasteiger partial charge in [0.05, 0.1) is 0 Å². The van der Waals surface area contributed by atoms with E-state index in [1.54, 1.807) is 0 Å². The molecule has 0 fully saturated rings. The van der Waals surface area contributed by atoms with Crippen LogP contribution in [0.15, 0.2) is 0 Å². The summed E-state index contributed by atoms with van der Waals surface area (Å²) in [6.45, 7) is 8.48. The van der Waals surface area contributed by atoms with Crippen LogP contribution in [0, 0.1) is 6.57 Å². The van der Waals surface area contributed by atoms with Crippen molar-refractivity contribution >= 4 is 17.4 Å². The molecule has 0 bridgehead atoms. The number of unbranched alkanes of at least 4 members (excludes halogenated alkanes) is 1. The number of hydrogen-bond donors (Lipinski definition) is 1. The molecule has 0 aliphatic rings. The van der Waals surface area contributed by atoms with Crippen molar-refractivity contribution < 1.29 is 4.79 Å². The molecule has 4 nitrogen and oxygen atoms in total. The Hall–Kier alpha value is -1.34. The van der Waals surface area contributed by atoms with Crippen LogP contribution < -0.4 is 0 Å². The molecule has 1 heterocycles. The number of aromatic nitrogens is 2. The molecular weight excluding hydrogens is 214 g/mol. The van der Waals surface area contributed by atoms with E-state index in [-0.39, 0.29) is 23.2 Å². The van der Waals surface area contributed by atoms with Crippen molar-refractivity contribution in [1.82, 2.24) is 9.97 Å². The number of aromatic amines is 1. The number of Topliss-reactive ketones (excluding diaryl/α,β-unsaturated/α-hetero) is 1. The third kappa shape index (κ3) is 3.07. The molecule has 0 amide bonds. The second-order valence-electron chi connectivity index (χ2n) is 3.19. The van der Waals surface area contributed by atoms with Crippen LogP contribution in [0.3, 0.4) is 0 Å². The Morgan fingerprint density at radius 2 is 2.40 bits per heavy atom. The van der Waals surface area contributed by atoms with Gasteiger partial charge in [-0.1, -0.05) is 24.9 Å². The highest BCUT2D eigenvalue weighted by molar-refractivity contribution is 6.32. The van der Waals surface area contributed by atoms with Crippen LogP contribution in [0.2, 0.25) is 5.15 Å². The maximum Gasteiger partial charge on any atom is 0.278 e. The lowest BCUT2D eigenvalue weighted by molar-refractivity contribution is 0.101. The Balaban J connectivity index is 2.77. The average molecular weight is 226 g/mol. The van der Waals surface area contributed by atoms with Crippen LogP contribution in [0.25, 0.3) is 4.85 Å². The molecule has 1 aromatic rings. The minimum absolute atomic E-state index is 0.193. The Kier molecular flexibility index (Phi) is 4.32. The van der Waals surface area contributed by atoms with Gasteiger partial charge in [-0.3, -0.25) is 4.79 Å². The number of nitrogens with one attached hydrogen (secondary N) is 1. The standard InChI is InChI=1S/C10H12ClN3O/c1-3-4-5-8-13-9(10(11)14-8)7(15)6-12-2/h3-6H2,1H3,(H,13,14). The number of carbonyl (C=O) groups is 1. The van der Waals surface area contributed by atoms with Crippen molar-refractivity contribution in [3.63, 3.8) is 0 Å². The predicted molar refractivity (Wildman–Crippen MR) is 58.0 cm³/mol. The molecule has 80 valence electrons. The molecule has 5 heteroatoms. The fourth-order valence-electron chi connectivity index (χ4n) is 1.19. The predicted octanol–water partition coefficient (Wildman–Crippen LogP) is 2.51. The lowest BCUT2D eigenvalue weighted by atomic mass is 10.2. The second-order valence-corrected chi connectivity index (χ2v) is 3.57. The Bertz CT molecular complexity index is 392. The number of nitrogens with zero attached hydrogens (tertiary/aromatic N) is 2. The summed E-state index contributed by atoms with van der Waals surface area (Å²) in [7, 11) is 0. The van der Waals surface area contributed by atoms with Crippen molar-refractivity contribution in [2.24, 2.45) is 0 Å². The highest BCUT2D eigenvalue weighted by Gasteiger charge is 2.17. The minimum atomic E-state index is -0.325. The van der Waals surface area contributed by atoms with Gasteiger partial charge in [0.25, 0.3) is 12.3 Å². The van der Waals surface area contributed by atoms with Gasteiger partial charge in [-0.15, -0.1) is 0 Å². The van der Waals surface area contributed by atoms with E-state index < -0.39 is 0 Å². The zero-order chi connectivity index (χ0) is 11.3. The lowest BCUT2D eigenvalue weighted by Gasteiger charge is -1.91. The molecule has 0 aromatic carbocycles. The number of aryl methyl sites for hydroxylation is 1. The summed E-state index contributed by atoms with van der Waals surface area (Å²) in [6.07, 6.45) is 2.84. The summed E-state index contributed by atoms with van der Waals surface area (Å²) in [5.41, 5.74) is 0.193. The van der Waals surface area contributed by atoms with E-state index in [4.69, 9.17) is 18.2 Å². The van der Waals surface area contributed by atoms with E-state index >= 15 is 0 Å². The van der Waals surface area contributed by atoms with Crippen LogP contribution in [0.5, 0.6) is 0 Å². The van der Waals surface area contributed by atoms with Crippen molar-refractivity contribution in [3.05, 3.63) is 28.1 Å². The molecule has 1 rings (SSSR count). The summed E-state index contributed by atoms with van der Waals surface area (Å²) in [5, 5.41) is 0.245. The number of imidazole rings is 1. The summed E-state index contributed by atoms with van der Waals surface area (Å²) in [4.78, 5) is 21.3. The van der Waals surface area contributed by atoms with Gasteiger partial charge in [-0.05, 0) is 6.42 Å². The first-order valence-electron chi connectivity index (χ1n) is 4.79. The van der Waals surface area contributed by atoms with Crippen molar-refractivity contribution in [2.45, 2.75) is 26.2 Å². The maximum atomic E-state index is 11.4. The van der Waals surface area contributed by atoms with Gasteiger partial charge in [0.1, 0.15) is 11.0 Å². The van der Waals surface area contributed by atoms with Gasteiger partial charge in [0.15, 0.2) is 5.69 Å². The van der Waals surface area contributed by atoms with Crippen LogP contribution in [-0.4, -0.2) is 22.3 Å². The summed E-state index contributed by atoms with van der Waals surface area (Å²) in [6, 6.07) is 0. The van der Waals surface area contributed by atoms with Crippen LogP contribution in [-0.2, 0) is 6.42 Å². The Morgan fingerprint density at radius 1 is 1.67 bits per heavy atom. The molecule has 0 unspecified atom stereocenters. The summed E-state index contributed by atoms with van der Waals surface area (Å²) < 4.78 is 0. The number of rotatable bonds is 5. The lowest BCUT2D eigenvalue weighted by Crippen LogP contribution is -2.03. The van der Waals surface area contributed by atoms with Gasteiger partial charge in [-0.2, -0.15) is 0 Å². The second kappa shape index (κ2) is 5.52. The molecule has 0 atom stereocenters. The fourth-order valence-corrected chi connectivity index (χ4v) is 1.45. The molecule has 1 N–H and O–H groups in total. The van der Waals surface area contributed by atoms with E-state index in [1.807, 2.05) is 0 Å². The van der Waals surface area contributed by atoms with Crippen molar-refractivity contribution in [2.75, 3.05) is 6.54 Å². The molecule has 0 saturated carbocycles. The molecule has 0 spiro atoms. The van der Waals surface area contributed by atoms with Crippen LogP contribution in [0.1, 0.15) is 36.1 Å². The molecule has 1 aromatic heterocycles. The zero-order valence-electron chi connectivity index (χ0n) is 8.51. The largest absolute Gasteiger partial charge is 0.332 e. The van der Waals surface area contributed by atoms with Gasteiger partial charge >= 0.3 is 0 Å². The Labute approximate surface area is 93.5 Å². The third-order valence-electron chi connectivity index (χ3n) is 1.96. The van der Waals surface area contributed by atoms with Gasteiger partial charge < -0.3 is 9.83 Å². The summed E-state index contributed by atoms with van der Waals surface area (Å²) in [5.74, 6) is 0.393. The molecule has 0 aliphatic carbocycles. The number of H-pyrrole nitrogens is 1. The summed E-state index contributed by atoms with van der Waals surface area (Å²) >= 11 is 5.81. The molecular formula is C10H12ClN3O. The Morgan fingerprint density at radius 3 is 3.00 bits per heavy atom. The van der Waals surface area contributed by atoms with Crippen LogP contribution >= 0.6 is 11.6 Å². The number of ketones is 1. The zero-order valence-corrected chi connectivity index (χ0v) is 9.26. The van der Waals surface area contributed by atoms with E-state index in [1.165, 1.54) is 0 Å². The normalized spacial score (nSPS) is 9.93. The topological polar surface area (TPSA) is 50.1 Å². The molecule has 0 saturated heterocycles. The monoisotopic (exact) mass is 225 g/mol. The molecule has 0 aliphatic heterocycles. The van der Waals surface area contributed by atoms with Crippen LogP contribution in [0.4, 0.5) is 0 Å². The van der Waals surface area contributed by atoms with E-state index in [0.29, 0.717) is 0 Å². The smallest absolute Gasteiger partial charge is 0.278 e. The fraction of sp³-hybridized carbons (Fsp3) is 0.500. The maximum absolute atomic E-state index is 11.4. The molecule has 0 radical (unpaired) electrons. The first kappa shape index (κ1) is 11.7. The minimum Gasteiger partial charge on any atom is -0.332 e. The van der Waals surface area contributed by atoms with E-state index in [2.05, 4.69) is 21.7 Å². The number of halogens is 1. The van der Waals surface area contributed by atoms with Crippen molar-refractivity contribution in [1.29, 1.82) is 0 Å². The van der Waals surface area contributed by atoms with E-state index in [0.717, 1.165) is 25.1 Å². The van der Waals surface area contributed by atoms with Crippen molar-refractivity contribution in [3.8, 4) is 0 Å². The number of hydrogen-bond acceptors (Lipinski definition) is 2. The number of carbonyl (C=O) groups excluding carboxylic acids is 1. The quantitative estimate of drug-likeness (QED) is 0.618. The first-order valence-corrected chi connectivity index (χ1v) is 5.17. The first-order chi connectivity index (χ1) is 7.19. The SMILES string of the molecule is [C-]#[N+]CC(=O)c1nc(CCCC)[nH]c1Cl. The van der Waals surface area contributed by atoms with Gasteiger partial charge in [0.2, 0.25) is 0 Å². The highest BCUT2D eigenvalue weighted by Crippen LogP contribution is 2.14. The van der Waals surface area contributed by atoms with Gasteiger partial charge in [-0.25, -0.2) is 11.6 Å². The third-order valence-corrected chi connectivity index (χ3v) is 2.24. The van der Waals surface area contributed by atoms with E-state index in [9.17, 15) is 4.79 Å².